The summed E-state index contributed by atoms with van der Waals surface area (Å²) in [6.07, 6.45) is 1.59. The smallest absolute Gasteiger partial charge is 0.227 e. The van der Waals surface area contributed by atoms with E-state index in [0.717, 1.165) is 5.69 Å². The van der Waals surface area contributed by atoms with E-state index >= 15 is 0 Å². The number of hydrogen-bond acceptors (Lipinski definition) is 3. The molecule has 5 heteroatoms. The second-order valence-corrected chi connectivity index (χ2v) is 6.14. The van der Waals surface area contributed by atoms with Crippen molar-refractivity contribution in [3.05, 3.63) is 40.4 Å². The number of hydrogen-bond donors (Lipinski definition) is 1. The highest BCUT2D eigenvalue weighted by Gasteiger charge is 2.14. The Balaban J connectivity index is 2.19. The zero-order chi connectivity index (χ0) is 14.0. The summed E-state index contributed by atoms with van der Waals surface area (Å²) in [4.78, 5) is 4.36. The summed E-state index contributed by atoms with van der Waals surface area (Å²) in [7, 11) is 0. The van der Waals surface area contributed by atoms with Gasteiger partial charge in [-0.25, -0.2) is 9.37 Å². The molecular weight excluding hydrogens is 311 g/mol. The van der Waals surface area contributed by atoms with Crippen molar-refractivity contribution >= 4 is 15.9 Å². The summed E-state index contributed by atoms with van der Waals surface area (Å²) in [6.45, 7) is 6.85. The fourth-order valence-corrected chi connectivity index (χ4v) is 1.97. The molecule has 0 unspecified atom stereocenters. The van der Waals surface area contributed by atoms with Crippen LogP contribution in [-0.4, -0.2) is 10.5 Å². The van der Waals surface area contributed by atoms with Crippen LogP contribution >= 0.6 is 15.9 Å². The van der Waals surface area contributed by atoms with Gasteiger partial charge in [-0.3, -0.25) is 0 Å². The molecule has 1 N–H and O–H groups in total. The van der Waals surface area contributed by atoms with E-state index in [4.69, 9.17) is 4.42 Å². The van der Waals surface area contributed by atoms with E-state index in [1.807, 2.05) is 0 Å². The van der Waals surface area contributed by atoms with E-state index in [9.17, 15) is 4.39 Å². The Labute approximate surface area is 120 Å². The van der Waals surface area contributed by atoms with Gasteiger partial charge in [-0.05, 0) is 48.8 Å². The van der Waals surface area contributed by atoms with Crippen molar-refractivity contribution < 1.29 is 8.81 Å². The highest BCUT2D eigenvalue weighted by molar-refractivity contribution is 9.10. The van der Waals surface area contributed by atoms with Crippen LogP contribution in [-0.2, 0) is 6.54 Å². The highest BCUT2D eigenvalue weighted by Crippen LogP contribution is 2.29. The van der Waals surface area contributed by atoms with Gasteiger partial charge in [-0.2, -0.15) is 0 Å². The number of halogens is 2. The Bertz CT molecular complexity index is 575. The van der Waals surface area contributed by atoms with Gasteiger partial charge in [-0.15, -0.1) is 0 Å². The van der Waals surface area contributed by atoms with Crippen LogP contribution in [0, 0.1) is 5.82 Å². The van der Waals surface area contributed by atoms with Crippen molar-refractivity contribution in [3.63, 3.8) is 0 Å². The number of rotatable bonds is 3. The zero-order valence-corrected chi connectivity index (χ0v) is 12.7. The molecule has 102 valence electrons. The van der Waals surface area contributed by atoms with E-state index in [1.165, 1.54) is 6.07 Å². The van der Waals surface area contributed by atoms with Crippen LogP contribution in [0.4, 0.5) is 4.39 Å². The molecule has 0 bridgehead atoms. The second-order valence-electron chi connectivity index (χ2n) is 5.35. The molecule has 1 heterocycles. The van der Waals surface area contributed by atoms with E-state index in [-0.39, 0.29) is 11.4 Å². The summed E-state index contributed by atoms with van der Waals surface area (Å²) in [5.74, 6) is 0.0853. The van der Waals surface area contributed by atoms with Crippen LogP contribution in [0.5, 0.6) is 0 Å². The minimum atomic E-state index is -0.329. The van der Waals surface area contributed by atoms with E-state index in [2.05, 4.69) is 47.0 Å². The first-order valence-corrected chi connectivity index (χ1v) is 6.80. The molecule has 0 aliphatic heterocycles. The van der Waals surface area contributed by atoms with Crippen molar-refractivity contribution in [1.82, 2.24) is 10.3 Å². The Morgan fingerprint density at radius 1 is 1.37 bits per heavy atom. The Morgan fingerprint density at radius 3 is 2.79 bits per heavy atom. The predicted octanol–water partition coefficient (Wildman–Crippen LogP) is 4.13. The molecule has 19 heavy (non-hydrogen) atoms. The molecule has 1 aromatic heterocycles. The van der Waals surface area contributed by atoms with Crippen LogP contribution in [0.25, 0.3) is 11.5 Å². The monoisotopic (exact) mass is 326 g/mol. The van der Waals surface area contributed by atoms with Crippen molar-refractivity contribution in [2.75, 3.05) is 0 Å². The number of oxazole rings is 1. The number of aromatic nitrogens is 1. The number of nitrogens with one attached hydrogen (secondary N) is 1. The van der Waals surface area contributed by atoms with Crippen molar-refractivity contribution in [3.8, 4) is 11.5 Å². The quantitative estimate of drug-likeness (QED) is 0.921. The van der Waals surface area contributed by atoms with Crippen molar-refractivity contribution in [2.24, 2.45) is 0 Å². The summed E-state index contributed by atoms with van der Waals surface area (Å²) < 4.78 is 19.2. The third kappa shape index (κ3) is 3.64. The lowest BCUT2D eigenvalue weighted by Gasteiger charge is -2.19. The largest absolute Gasteiger partial charge is 0.444 e. The standard InChI is InChI=1S/C14H16BrFN2O/c1-14(2,3)17-7-9-8-19-13(18-9)10-5-4-6-11(16)12(10)15/h4-6,8,17H,7H2,1-3H3. The molecular formula is C14H16BrFN2O. The molecule has 0 radical (unpaired) electrons. The lowest BCUT2D eigenvalue weighted by Crippen LogP contribution is -2.35. The van der Waals surface area contributed by atoms with Gasteiger partial charge in [0.2, 0.25) is 5.89 Å². The first-order chi connectivity index (χ1) is 8.87. The molecule has 0 fully saturated rings. The Kier molecular flexibility index (Phi) is 4.06. The predicted molar refractivity (Wildman–Crippen MR) is 76.2 cm³/mol. The van der Waals surface area contributed by atoms with Crippen LogP contribution in [0.15, 0.2) is 33.4 Å². The minimum Gasteiger partial charge on any atom is -0.444 e. The van der Waals surface area contributed by atoms with Crippen LogP contribution < -0.4 is 5.32 Å². The van der Waals surface area contributed by atoms with E-state index in [1.54, 1.807) is 18.4 Å². The molecule has 0 spiro atoms. The van der Waals surface area contributed by atoms with E-state index in [0.29, 0.717) is 22.5 Å². The van der Waals surface area contributed by atoms with Gasteiger partial charge in [-0.1, -0.05) is 6.07 Å². The summed E-state index contributed by atoms with van der Waals surface area (Å²) >= 11 is 3.21. The van der Waals surface area contributed by atoms with Gasteiger partial charge < -0.3 is 9.73 Å². The third-order valence-electron chi connectivity index (χ3n) is 2.53. The first-order valence-electron chi connectivity index (χ1n) is 6.00. The molecule has 3 nitrogen and oxygen atoms in total. The van der Waals surface area contributed by atoms with Crippen molar-refractivity contribution in [2.45, 2.75) is 32.9 Å². The average Bonchev–Trinajstić information content (AvgIpc) is 2.78. The highest BCUT2D eigenvalue weighted by atomic mass is 79.9. The third-order valence-corrected chi connectivity index (χ3v) is 3.34. The van der Waals surface area contributed by atoms with Gasteiger partial charge >= 0.3 is 0 Å². The zero-order valence-electron chi connectivity index (χ0n) is 11.1. The molecule has 0 saturated heterocycles. The van der Waals surface area contributed by atoms with Crippen LogP contribution in [0.1, 0.15) is 26.5 Å². The molecule has 2 rings (SSSR count). The SMILES string of the molecule is CC(C)(C)NCc1coc(-c2cccc(F)c2Br)n1. The molecule has 2 aromatic rings. The molecule has 0 aliphatic carbocycles. The maximum atomic E-state index is 13.4. The maximum absolute atomic E-state index is 13.4. The lowest BCUT2D eigenvalue weighted by atomic mass is 10.1. The van der Waals surface area contributed by atoms with Crippen LogP contribution in [0.2, 0.25) is 0 Å². The average molecular weight is 327 g/mol. The van der Waals surface area contributed by atoms with Gasteiger partial charge in [0.25, 0.3) is 0 Å². The van der Waals surface area contributed by atoms with Crippen LogP contribution in [0.3, 0.4) is 0 Å². The lowest BCUT2D eigenvalue weighted by molar-refractivity contribution is 0.421. The molecule has 0 atom stereocenters. The van der Waals surface area contributed by atoms with Gasteiger partial charge in [0.15, 0.2) is 0 Å². The van der Waals surface area contributed by atoms with Gasteiger partial charge in [0.1, 0.15) is 12.1 Å². The maximum Gasteiger partial charge on any atom is 0.227 e. The normalized spacial score (nSPS) is 11.8. The number of benzene rings is 1. The summed E-state index contributed by atoms with van der Waals surface area (Å²) in [6, 6.07) is 4.78. The molecule has 0 amide bonds. The number of nitrogens with zero attached hydrogens (tertiary/aromatic N) is 1. The fourth-order valence-electron chi connectivity index (χ4n) is 1.54. The van der Waals surface area contributed by atoms with E-state index < -0.39 is 0 Å². The summed E-state index contributed by atoms with van der Waals surface area (Å²) in [5.41, 5.74) is 1.42. The topological polar surface area (TPSA) is 38.1 Å². The van der Waals surface area contributed by atoms with Crippen molar-refractivity contribution in [1.29, 1.82) is 0 Å². The second kappa shape index (κ2) is 5.43. The Hall–Kier alpha value is -1.20. The first kappa shape index (κ1) is 14.2. The minimum absolute atomic E-state index is 0.0125. The molecule has 0 aliphatic rings. The summed E-state index contributed by atoms with van der Waals surface area (Å²) in [5, 5.41) is 3.32. The molecule has 0 saturated carbocycles. The van der Waals surface area contributed by atoms with Gasteiger partial charge in [0.05, 0.1) is 15.7 Å². The van der Waals surface area contributed by atoms with Gasteiger partial charge in [0, 0.05) is 12.1 Å². The Morgan fingerprint density at radius 2 is 2.11 bits per heavy atom. The fraction of sp³-hybridized carbons (Fsp3) is 0.357. The molecule has 1 aromatic carbocycles.